The van der Waals surface area contributed by atoms with Crippen LogP contribution in [0.25, 0.3) is 0 Å². The fraction of sp³-hybridized carbons (Fsp3) is 0.812. The largest absolute Gasteiger partial charge is 0.291 e. The molecule has 0 N–H and O–H groups in total. The van der Waals surface area contributed by atoms with Gasteiger partial charge in [-0.3, -0.25) is 9.69 Å². The van der Waals surface area contributed by atoms with Crippen molar-refractivity contribution in [1.29, 1.82) is 0 Å². The van der Waals surface area contributed by atoms with E-state index in [0.717, 1.165) is 51.7 Å². The van der Waals surface area contributed by atoms with Crippen LogP contribution in [0.1, 0.15) is 68.8 Å². The second-order valence-corrected chi connectivity index (χ2v) is 6.46. The lowest BCUT2D eigenvalue weighted by atomic mass is 9.86. The van der Waals surface area contributed by atoms with E-state index in [9.17, 15) is 4.79 Å². The van der Waals surface area contributed by atoms with Crippen molar-refractivity contribution in [2.45, 2.75) is 70.4 Å². The second-order valence-electron chi connectivity index (χ2n) is 6.46. The van der Waals surface area contributed by atoms with E-state index in [1.807, 2.05) is 0 Å². The molecule has 2 fully saturated rings. The van der Waals surface area contributed by atoms with E-state index < -0.39 is 0 Å². The highest BCUT2D eigenvalue weighted by Crippen LogP contribution is 2.39. The van der Waals surface area contributed by atoms with Crippen LogP contribution in [-0.2, 0) is 6.54 Å². The number of hydrogen-bond acceptors (Lipinski definition) is 4. The quantitative estimate of drug-likeness (QED) is 0.782. The van der Waals surface area contributed by atoms with Gasteiger partial charge in [0, 0.05) is 6.54 Å². The number of rotatable bonds is 5. The Balaban J connectivity index is 1.89. The predicted molar refractivity (Wildman–Crippen MR) is 81.3 cm³/mol. The molecule has 0 amide bonds. The number of Topliss-reactive ketones (excluding diaryl/α,β-unsaturated/α-hetero) is 1. The zero-order chi connectivity index (χ0) is 14.7. The van der Waals surface area contributed by atoms with Gasteiger partial charge < -0.3 is 0 Å². The SMILES string of the molecule is CCCn1nncc1C(=O)C1(N2CCCCC2)CCCC1. The Morgan fingerprint density at radius 3 is 2.57 bits per heavy atom. The molecule has 2 aliphatic rings. The van der Waals surface area contributed by atoms with E-state index in [0.29, 0.717) is 5.69 Å². The summed E-state index contributed by atoms with van der Waals surface area (Å²) in [4.78, 5) is 15.7. The van der Waals surface area contributed by atoms with Crippen molar-refractivity contribution in [3.8, 4) is 0 Å². The topological polar surface area (TPSA) is 51.0 Å². The molecule has 1 aliphatic heterocycles. The summed E-state index contributed by atoms with van der Waals surface area (Å²) in [7, 11) is 0. The number of carbonyl (C=O) groups excluding carboxylic acids is 1. The number of likely N-dealkylation sites (tertiary alicyclic amines) is 1. The van der Waals surface area contributed by atoms with E-state index >= 15 is 0 Å². The van der Waals surface area contributed by atoms with E-state index in [1.54, 1.807) is 10.9 Å². The number of ketones is 1. The fourth-order valence-electron chi connectivity index (χ4n) is 4.02. The average molecular weight is 290 g/mol. The van der Waals surface area contributed by atoms with E-state index in [1.165, 1.54) is 19.3 Å². The Morgan fingerprint density at radius 1 is 1.19 bits per heavy atom. The minimum Gasteiger partial charge on any atom is -0.291 e. The molecule has 5 heteroatoms. The molecule has 1 aromatic rings. The Morgan fingerprint density at radius 2 is 1.90 bits per heavy atom. The van der Waals surface area contributed by atoms with Crippen LogP contribution in [0.5, 0.6) is 0 Å². The van der Waals surface area contributed by atoms with Crippen LogP contribution in [0.3, 0.4) is 0 Å². The third-order valence-electron chi connectivity index (χ3n) is 5.10. The molecule has 5 nitrogen and oxygen atoms in total. The van der Waals surface area contributed by atoms with Gasteiger partial charge in [-0.1, -0.05) is 31.4 Å². The Kier molecular flexibility index (Phi) is 4.38. The first kappa shape index (κ1) is 14.7. The molecule has 2 heterocycles. The number of hydrogen-bond donors (Lipinski definition) is 0. The molecule has 0 atom stereocenters. The first-order chi connectivity index (χ1) is 10.3. The zero-order valence-electron chi connectivity index (χ0n) is 13.1. The molecule has 1 saturated carbocycles. The number of nitrogens with zero attached hydrogens (tertiary/aromatic N) is 4. The van der Waals surface area contributed by atoms with Gasteiger partial charge in [0.05, 0.1) is 11.7 Å². The van der Waals surface area contributed by atoms with Crippen LogP contribution < -0.4 is 0 Å². The van der Waals surface area contributed by atoms with Crippen molar-refractivity contribution in [1.82, 2.24) is 19.9 Å². The molecular weight excluding hydrogens is 264 g/mol. The molecular formula is C16H26N4O. The maximum atomic E-state index is 13.3. The van der Waals surface area contributed by atoms with Gasteiger partial charge in [-0.2, -0.15) is 0 Å². The van der Waals surface area contributed by atoms with Crippen molar-refractivity contribution >= 4 is 5.78 Å². The molecule has 0 spiro atoms. The number of piperidine rings is 1. The van der Waals surface area contributed by atoms with Gasteiger partial charge in [-0.05, 0) is 45.2 Å². The van der Waals surface area contributed by atoms with Crippen LogP contribution in [0.15, 0.2) is 6.20 Å². The first-order valence-electron chi connectivity index (χ1n) is 8.46. The van der Waals surface area contributed by atoms with Crippen LogP contribution in [0.2, 0.25) is 0 Å². The van der Waals surface area contributed by atoms with Crippen molar-refractivity contribution in [3.63, 3.8) is 0 Å². The summed E-state index contributed by atoms with van der Waals surface area (Å²) in [6.07, 6.45) is 10.7. The Labute approximate surface area is 126 Å². The predicted octanol–water partition coefficient (Wildman–Crippen LogP) is 2.67. The summed E-state index contributed by atoms with van der Waals surface area (Å²) in [5.41, 5.74) is 0.442. The highest BCUT2D eigenvalue weighted by molar-refractivity contribution is 6.02. The highest BCUT2D eigenvalue weighted by Gasteiger charge is 2.47. The van der Waals surface area contributed by atoms with Crippen molar-refractivity contribution in [2.75, 3.05) is 13.1 Å². The van der Waals surface area contributed by atoms with Gasteiger partial charge in [0.1, 0.15) is 5.69 Å². The Bertz CT molecular complexity index is 484. The molecule has 0 bridgehead atoms. The first-order valence-corrected chi connectivity index (χ1v) is 8.46. The molecule has 1 aliphatic carbocycles. The number of carbonyl (C=O) groups is 1. The molecule has 21 heavy (non-hydrogen) atoms. The van der Waals surface area contributed by atoms with E-state index in [4.69, 9.17) is 0 Å². The molecule has 116 valence electrons. The summed E-state index contributed by atoms with van der Waals surface area (Å²) in [5, 5.41) is 8.09. The van der Waals surface area contributed by atoms with Crippen LogP contribution in [0.4, 0.5) is 0 Å². The third kappa shape index (κ3) is 2.63. The molecule has 0 radical (unpaired) electrons. The summed E-state index contributed by atoms with van der Waals surface area (Å²) >= 11 is 0. The van der Waals surface area contributed by atoms with E-state index in [-0.39, 0.29) is 11.3 Å². The molecule has 1 saturated heterocycles. The van der Waals surface area contributed by atoms with Crippen molar-refractivity contribution in [2.24, 2.45) is 0 Å². The summed E-state index contributed by atoms with van der Waals surface area (Å²) in [6, 6.07) is 0. The standard InChI is InChI=1S/C16H26N4O/c1-2-10-20-14(13-17-18-20)15(21)16(8-4-5-9-16)19-11-6-3-7-12-19/h13H,2-12H2,1H3. The Hall–Kier alpha value is -1.23. The molecule has 1 aromatic heterocycles. The lowest BCUT2D eigenvalue weighted by Crippen LogP contribution is -2.55. The highest BCUT2D eigenvalue weighted by atomic mass is 16.1. The summed E-state index contributed by atoms with van der Waals surface area (Å²) in [6.45, 7) is 5.02. The smallest absolute Gasteiger partial charge is 0.202 e. The summed E-state index contributed by atoms with van der Waals surface area (Å²) < 4.78 is 1.80. The fourth-order valence-corrected chi connectivity index (χ4v) is 4.02. The van der Waals surface area contributed by atoms with Gasteiger partial charge in [0.15, 0.2) is 0 Å². The minimum atomic E-state index is -0.270. The second kappa shape index (κ2) is 6.26. The van der Waals surface area contributed by atoms with Gasteiger partial charge >= 0.3 is 0 Å². The summed E-state index contributed by atoms with van der Waals surface area (Å²) in [5.74, 6) is 0.264. The molecule has 0 unspecified atom stereocenters. The average Bonchev–Trinajstić information content (AvgIpc) is 3.18. The number of aryl methyl sites for hydroxylation is 1. The normalized spacial score (nSPS) is 22.5. The maximum Gasteiger partial charge on any atom is 0.202 e. The van der Waals surface area contributed by atoms with Crippen molar-refractivity contribution < 1.29 is 4.79 Å². The maximum absolute atomic E-state index is 13.3. The van der Waals surface area contributed by atoms with Gasteiger partial charge in [0.2, 0.25) is 5.78 Å². The molecule has 3 rings (SSSR count). The number of aromatic nitrogens is 3. The van der Waals surface area contributed by atoms with Crippen LogP contribution in [-0.4, -0.2) is 44.3 Å². The van der Waals surface area contributed by atoms with Gasteiger partial charge in [-0.25, -0.2) is 4.68 Å². The lowest BCUT2D eigenvalue weighted by Gasteiger charge is -2.42. The minimum absolute atomic E-state index is 0.264. The van der Waals surface area contributed by atoms with Gasteiger partial charge in [-0.15, -0.1) is 5.10 Å². The molecule has 0 aromatic carbocycles. The lowest BCUT2D eigenvalue weighted by molar-refractivity contribution is 0.0466. The van der Waals surface area contributed by atoms with Crippen molar-refractivity contribution in [3.05, 3.63) is 11.9 Å². The van der Waals surface area contributed by atoms with Crippen LogP contribution >= 0.6 is 0 Å². The van der Waals surface area contributed by atoms with E-state index in [2.05, 4.69) is 22.1 Å². The third-order valence-corrected chi connectivity index (χ3v) is 5.10. The zero-order valence-corrected chi connectivity index (χ0v) is 13.1. The van der Waals surface area contributed by atoms with Gasteiger partial charge in [0.25, 0.3) is 0 Å². The monoisotopic (exact) mass is 290 g/mol. The van der Waals surface area contributed by atoms with Crippen LogP contribution in [0, 0.1) is 0 Å².